The Morgan fingerprint density at radius 2 is 1.57 bits per heavy atom. The number of piperidine rings is 1. The lowest BCUT2D eigenvalue weighted by Crippen LogP contribution is -2.41. The van der Waals surface area contributed by atoms with E-state index >= 15 is 0 Å². The number of para-hydroxylation sites is 1. The van der Waals surface area contributed by atoms with Crippen LogP contribution in [0.2, 0.25) is 0 Å². The average molecular weight is 578 g/mol. The molecule has 1 saturated carbocycles. The molecule has 2 fully saturated rings. The Labute approximate surface area is 244 Å². The van der Waals surface area contributed by atoms with Crippen LogP contribution in [0.5, 0.6) is 11.5 Å². The summed E-state index contributed by atoms with van der Waals surface area (Å²) in [6.45, 7) is 1.43. The molecule has 1 N–H and O–H groups in total. The molecule has 220 valence electrons. The molecule has 9 heteroatoms. The molecule has 2 aliphatic rings. The zero-order valence-electron chi connectivity index (χ0n) is 23.3. The number of nitrogens with one attached hydrogen (secondary N) is 1. The van der Waals surface area contributed by atoms with Crippen LogP contribution in [0.1, 0.15) is 61.1 Å². The molecule has 5 rings (SSSR count). The van der Waals surface area contributed by atoms with Crippen molar-refractivity contribution in [2.24, 2.45) is 0 Å². The monoisotopic (exact) mass is 577 g/mol. The maximum absolute atomic E-state index is 13.3. The molecule has 0 atom stereocenters. The third-order valence-corrected chi connectivity index (χ3v) is 8.11. The smallest absolute Gasteiger partial charge is 0.417 e. The van der Waals surface area contributed by atoms with Gasteiger partial charge in [0, 0.05) is 24.8 Å². The predicted molar refractivity (Wildman–Crippen MR) is 153 cm³/mol. The number of amides is 1. The van der Waals surface area contributed by atoms with Gasteiger partial charge >= 0.3 is 6.18 Å². The van der Waals surface area contributed by atoms with Gasteiger partial charge in [0.2, 0.25) is 5.91 Å². The number of carbonyl (C=O) groups is 1. The summed E-state index contributed by atoms with van der Waals surface area (Å²) in [4.78, 5) is 14.7. The molecule has 0 aromatic heterocycles. The number of anilines is 1. The van der Waals surface area contributed by atoms with Gasteiger partial charge in [-0.2, -0.15) is 18.4 Å². The van der Waals surface area contributed by atoms with Crippen LogP contribution in [0.15, 0.2) is 72.8 Å². The number of likely N-dealkylation sites (tertiary alicyclic amines) is 1. The Morgan fingerprint density at radius 1 is 0.905 bits per heavy atom. The molecule has 1 amide bonds. The number of carbonyl (C=O) groups excluding carboxylic acids is 1. The van der Waals surface area contributed by atoms with Crippen LogP contribution in [-0.2, 0) is 15.7 Å². The van der Waals surface area contributed by atoms with Gasteiger partial charge in [-0.05, 0) is 92.5 Å². The minimum atomic E-state index is -4.58. The average Bonchev–Trinajstić information content (AvgIpc) is 3.01. The Hall–Kier alpha value is -4.03. The Balaban J connectivity index is 1.02. The summed E-state index contributed by atoms with van der Waals surface area (Å²) < 4.78 is 51.6. The molecule has 1 heterocycles. The van der Waals surface area contributed by atoms with Gasteiger partial charge in [-0.1, -0.05) is 30.3 Å². The number of nitriles is 1. The van der Waals surface area contributed by atoms with E-state index in [1.165, 1.54) is 17.7 Å². The molecular weight excluding hydrogens is 543 g/mol. The summed E-state index contributed by atoms with van der Waals surface area (Å²) in [6.07, 6.45) is 0.0487. The van der Waals surface area contributed by atoms with E-state index in [2.05, 4.69) is 17.4 Å². The fourth-order valence-corrected chi connectivity index (χ4v) is 5.75. The lowest BCUT2D eigenvalue weighted by Gasteiger charge is -2.33. The van der Waals surface area contributed by atoms with Crippen molar-refractivity contribution in [2.75, 3.05) is 25.0 Å². The summed E-state index contributed by atoms with van der Waals surface area (Å²) in [6, 6.07) is 23.2. The van der Waals surface area contributed by atoms with E-state index in [0.29, 0.717) is 24.7 Å². The van der Waals surface area contributed by atoms with Crippen molar-refractivity contribution in [2.45, 2.75) is 62.8 Å². The molecule has 6 nitrogen and oxygen atoms in total. The zero-order chi connectivity index (χ0) is 29.5. The van der Waals surface area contributed by atoms with Gasteiger partial charge in [0.1, 0.15) is 18.1 Å². The summed E-state index contributed by atoms with van der Waals surface area (Å²) >= 11 is 0. The van der Waals surface area contributed by atoms with Gasteiger partial charge in [-0.25, -0.2) is 0 Å². The van der Waals surface area contributed by atoms with Gasteiger partial charge < -0.3 is 19.7 Å². The van der Waals surface area contributed by atoms with Crippen LogP contribution in [0.4, 0.5) is 18.9 Å². The number of halogens is 3. The molecule has 0 bridgehead atoms. The Morgan fingerprint density at radius 3 is 2.21 bits per heavy atom. The third-order valence-electron chi connectivity index (χ3n) is 8.11. The number of ether oxygens (including phenoxy) is 2. The predicted octanol–water partition coefficient (Wildman–Crippen LogP) is 7.52. The van der Waals surface area contributed by atoms with Crippen molar-refractivity contribution in [1.82, 2.24) is 4.90 Å². The molecule has 0 radical (unpaired) electrons. The summed E-state index contributed by atoms with van der Waals surface area (Å²) in [7, 11) is 0. The zero-order valence-corrected chi connectivity index (χ0v) is 23.3. The van der Waals surface area contributed by atoms with E-state index in [0.717, 1.165) is 56.1 Å². The van der Waals surface area contributed by atoms with Gasteiger partial charge in [0.25, 0.3) is 0 Å². The highest BCUT2D eigenvalue weighted by Crippen LogP contribution is 2.35. The molecule has 0 spiro atoms. The third kappa shape index (κ3) is 7.62. The minimum absolute atomic E-state index is 0.00225. The quantitative estimate of drug-likeness (QED) is 0.300. The first kappa shape index (κ1) is 29.5. The van der Waals surface area contributed by atoms with E-state index in [1.54, 1.807) is 6.07 Å². The second-order valence-electron chi connectivity index (χ2n) is 10.9. The molecule has 0 unspecified atom stereocenters. The SMILES string of the molecule is N#Cc1ccc(NC2CCC(OCC(=O)N3CCC(c4ccc(Oc5ccccc5)cc4)CC3)CC2)cc1C(F)(F)F. The molecule has 3 aromatic rings. The minimum Gasteiger partial charge on any atom is -0.457 e. The number of rotatable bonds is 8. The number of hydrogen-bond donors (Lipinski definition) is 1. The van der Waals surface area contributed by atoms with E-state index in [1.807, 2.05) is 47.4 Å². The first-order chi connectivity index (χ1) is 20.3. The first-order valence-electron chi connectivity index (χ1n) is 14.4. The summed E-state index contributed by atoms with van der Waals surface area (Å²) in [5, 5.41) is 12.2. The lowest BCUT2D eigenvalue weighted by atomic mass is 9.89. The molecular formula is C33H34F3N3O3. The van der Waals surface area contributed by atoms with Crippen molar-refractivity contribution in [3.05, 3.63) is 89.5 Å². The number of nitrogens with zero attached hydrogens (tertiary/aromatic N) is 2. The van der Waals surface area contributed by atoms with Crippen molar-refractivity contribution in [3.8, 4) is 17.6 Å². The topological polar surface area (TPSA) is 74.6 Å². The second-order valence-corrected chi connectivity index (χ2v) is 10.9. The van der Waals surface area contributed by atoms with Crippen molar-refractivity contribution in [3.63, 3.8) is 0 Å². The van der Waals surface area contributed by atoms with Crippen molar-refractivity contribution >= 4 is 11.6 Å². The molecule has 42 heavy (non-hydrogen) atoms. The van der Waals surface area contributed by atoms with Crippen LogP contribution in [-0.4, -0.2) is 42.6 Å². The summed E-state index contributed by atoms with van der Waals surface area (Å²) in [5.74, 6) is 1.99. The molecule has 1 aliphatic carbocycles. The van der Waals surface area contributed by atoms with Gasteiger partial charge in [0.05, 0.1) is 23.3 Å². The second kappa shape index (κ2) is 13.3. The van der Waals surface area contributed by atoms with Crippen LogP contribution in [0, 0.1) is 11.3 Å². The highest BCUT2D eigenvalue weighted by atomic mass is 19.4. The lowest BCUT2D eigenvalue weighted by molar-refractivity contribution is -0.140. The van der Waals surface area contributed by atoms with Crippen molar-refractivity contribution < 1.29 is 27.4 Å². The largest absolute Gasteiger partial charge is 0.457 e. The van der Waals surface area contributed by atoms with Crippen LogP contribution < -0.4 is 10.1 Å². The Kier molecular flexibility index (Phi) is 9.33. The fourth-order valence-electron chi connectivity index (χ4n) is 5.75. The van der Waals surface area contributed by atoms with Gasteiger partial charge in [-0.3, -0.25) is 4.79 Å². The molecule has 1 saturated heterocycles. The number of benzene rings is 3. The van der Waals surface area contributed by atoms with E-state index in [9.17, 15) is 18.0 Å². The van der Waals surface area contributed by atoms with Crippen LogP contribution in [0.3, 0.4) is 0 Å². The van der Waals surface area contributed by atoms with Gasteiger partial charge in [0.15, 0.2) is 0 Å². The van der Waals surface area contributed by atoms with Gasteiger partial charge in [-0.15, -0.1) is 0 Å². The maximum atomic E-state index is 13.3. The highest BCUT2D eigenvalue weighted by molar-refractivity contribution is 5.77. The molecule has 3 aromatic carbocycles. The van der Waals surface area contributed by atoms with E-state index < -0.39 is 11.7 Å². The Bertz CT molecular complexity index is 1370. The van der Waals surface area contributed by atoms with E-state index in [4.69, 9.17) is 14.7 Å². The highest BCUT2D eigenvalue weighted by Gasteiger charge is 2.34. The number of alkyl halides is 3. The summed E-state index contributed by atoms with van der Waals surface area (Å²) in [5.41, 5.74) is 0.281. The maximum Gasteiger partial charge on any atom is 0.417 e. The normalized spacial score (nSPS) is 19.6. The molecule has 1 aliphatic heterocycles. The van der Waals surface area contributed by atoms with Crippen LogP contribution in [0.25, 0.3) is 0 Å². The standard InChI is InChI=1S/C33H34F3N3O3/c34-33(35,36)31-20-27(9-6-25(31)21-37)38-26-10-14-28(15-11-26)41-22-32(40)39-18-16-24(17-19-39)23-7-12-30(13-8-23)42-29-4-2-1-3-5-29/h1-9,12-13,20,24,26,28,38H,10-11,14-19,22H2. The van der Waals surface area contributed by atoms with Crippen LogP contribution >= 0.6 is 0 Å². The van der Waals surface area contributed by atoms with Crippen molar-refractivity contribution in [1.29, 1.82) is 5.26 Å². The fraction of sp³-hybridized carbons (Fsp3) is 0.394. The van der Waals surface area contributed by atoms with E-state index in [-0.39, 0.29) is 30.2 Å². The first-order valence-corrected chi connectivity index (χ1v) is 14.4. The number of hydrogen-bond acceptors (Lipinski definition) is 5.